The Morgan fingerprint density at radius 2 is 2.62 bits per heavy atom. The molecule has 0 unspecified atom stereocenters. The van der Waals surface area contributed by atoms with Gasteiger partial charge < -0.3 is 5.11 Å². The van der Waals surface area contributed by atoms with Gasteiger partial charge in [-0.1, -0.05) is 0 Å². The molecule has 1 aliphatic rings. The Kier molecular flexibility index (Phi) is 1.17. The molecule has 0 aliphatic carbocycles. The summed E-state index contributed by atoms with van der Waals surface area (Å²) in [6.45, 7) is 0.245. The van der Waals surface area contributed by atoms with E-state index in [1.807, 2.05) is 0 Å². The van der Waals surface area contributed by atoms with Gasteiger partial charge in [0.15, 0.2) is 0 Å². The second-order valence-electron chi connectivity index (χ2n) is 1.36. The van der Waals surface area contributed by atoms with E-state index in [9.17, 15) is 0 Å². The van der Waals surface area contributed by atoms with Gasteiger partial charge in [0.2, 0.25) is 12.2 Å². The number of aliphatic hydroxyl groups is 1. The van der Waals surface area contributed by atoms with Crippen LogP contribution in [-0.4, -0.2) is 28.3 Å². The maximum absolute atomic E-state index is 8.52. The zero-order chi connectivity index (χ0) is 5.98. The van der Waals surface area contributed by atoms with Crippen LogP contribution >= 0.6 is 0 Å². The van der Waals surface area contributed by atoms with Gasteiger partial charge in [0, 0.05) is 0 Å². The fourth-order valence-corrected chi connectivity index (χ4v) is 0.364. The molecule has 0 saturated carbocycles. The molecule has 0 fully saturated rings. The van der Waals surface area contributed by atoms with Crippen molar-refractivity contribution in [1.82, 2.24) is 5.06 Å². The molecule has 1 heterocycles. The van der Waals surface area contributed by atoms with Crippen LogP contribution in [0.2, 0.25) is 0 Å². The number of hydrogen-bond donors (Lipinski definition) is 2. The standard InChI is InChI=1S/C4H5N2O2/c7-4-1-2-6(8)3-5-4/h1,7-8H,2H2. The van der Waals surface area contributed by atoms with Gasteiger partial charge >= 0.3 is 0 Å². The van der Waals surface area contributed by atoms with Crippen LogP contribution in [0.15, 0.2) is 17.0 Å². The second-order valence-corrected chi connectivity index (χ2v) is 1.36. The Morgan fingerprint density at radius 1 is 1.88 bits per heavy atom. The van der Waals surface area contributed by atoms with E-state index < -0.39 is 0 Å². The van der Waals surface area contributed by atoms with E-state index in [0.29, 0.717) is 0 Å². The lowest BCUT2D eigenvalue weighted by Gasteiger charge is -2.08. The van der Waals surface area contributed by atoms with E-state index in [1.54, 1.807) is 0 Å². The zero-order valence-electron chi connectivity index (χ0n) is 4.07. The highest BCUT2D eigenvalue weighted by atomic mass is 16.5. The lowest BCUT2D eigenvalue weighted by atomic mass is 10.5. The SMILES string of the molecule is OC1=CCN(O)[C]=N1. The maximum atomic E-state index is 8.52. The van der Waals surface area contributed by atoms with E-state index in [1.165, 1.54) is 6.08 Å². The Bertz CT molecular complexity index is 141. The van der Waals surface area contributed by atoms with E-state index in [2.05, 4.69) is 11.3 Å². The smallest absolute Gasteiger partial charge is 0.210 e. The van der Waals surface area contributed by atoms with Crippen LogP contribution < -0.4 is 0 Å². The minimum absolute atomic E-state index is 0.102. The van der Waals surface area contributed by atoms with Crippen LogP contribution in [0, 0.1) is 0 Å². The third-order valence-electron chi connectivity index (χ3n) is 0.727. The summed E-state index contributed by atoms with van der Waals surface area (Å²) in [7, 11) is 0. The fourth-order valence-electron chi connectivity index (χ4n) is 0.364. The van der Waals surface area contributed by atoms with Crippen LogP contribution in [0.4, 0.5) is 0 Å². The van der Waals surface area contributed by atoms with Crippen LogP contribution in [0.5, 0.6) is 0 Å². The van der Waals surface area contributed by atoms with Crippen molar-refractivity contribution in [2.45, 2.75) is 0 Å². The molecule has 0 aromatic carbocycles. The molecule has 43 valence electrons. The van der Waals surface area contributed by atoms with Crippen molar-refractivity contribution >= 4 is 6.34 Å². The molecule has 4 nitrogen and oxygen atoms in total. The van der Waals surface area contributed by atoms with Crippen LogP contribution in [0.3, 0.4) is 0 Å². The molecule has 1 aliphatic heterocycles. The van der Waals surface area contributed by atoms with Crippen molar-refractivity contribution in [3.05, 3.63) is 12.0 Å². The summed E-state index contributed by atoms with van der Waals surface area (Å²) in [6, 6.07) is 0. The second kappa shape index (κ2) is 1.83. The topological polar surface area (TPSA) is 56.1 Å². The quantitative estimate of drug-likeness (QED) is 0.464. The lowest BCUT2D eigenvalue weighted by molar-refractivity contribution is 0.000503. The number of hydroxylamine groups is 2. The number of aliphatic hydroxyl groups excluding tert-OH is 1. The van der Waals surface area contributed by atoms with Gasteiger partial charge in [-0.05, 0) is 6.08 Å². The van der Waals surface area contributed by atoms with Gasteiger partial charge in [0.1, 0.15) is 0 Å². The molecule has 2 N–H and O–H groups in total. The van der Waals surface area contributed by atoms with Gasteiger partial charge in [0.25, 0.3) is 0 Å². The molecule has 0 saturated heterocycles. The molecule has 0 aromatic heterocycles. The lowest BCUT2D eigenvalue weighted by Crippen LogP contribution is -2.19. The van der Waals surface area contributed by atoms with Crippen molar-refractivity contribution in [2.24, 2.45) is 4.99 Å². The Hall–Kier alpha value is -1.03. The van der Waals surface area contributed by atoms with Gasteiger partial charge in [-0.2, -0.15) is 4.99 Å². The molecular weight excluding hydrogens is 108 g/mol. The highest BCUT2D eigenvalue weighted by molar-refractivity contribution is 5.56. The van der Waals surface area contributed by atoms with Crippen molar-refractivity contribution in [3.8, 4) is 0 Å². The van der Waals surface area contributed by atoms with Gasteiger partial charge in [0.05, 0.1) is 6.54 Å². The van der Waals surface area contributed by atoms with E-state index >= 15 is 0 Å². The first-order valence-electron chi connectivity index (χ1n) is 2.11. The molecule has 1 radical (unpaired) electrons. The predicted octanol–water partition coefficient (Wildman–Crippen LogP) is -0.00410. The first-order chi connectivity index (χ1) is 3.79. The normalized spacial score (nSPS) is 18.6. The first kappa shape index (κ1) is 5.11. The molecule has 0 atom stereocenters. The molecular formula is C4H5N2O2. The average Bonchev–Trinajstić information content (AvgIpc) is 1.77. The number of hydrogen-bond acceptors (Lipinski definition) is 4. The predicted molar refractivity (Wildman–Crippen MR) is 26.6 cm³/mol. The van der Waals surface area contributed by atoms with E-state index in [4.69, 9.17) is 10.3 Å². The van der Waals surface area contributed by atoms with Gasteiger partial charge in [-0.3, -0.25) is 5.21 Å². The third kappa shape index (κ3) is 0.974. The Balaban J connectivity index is 2.58. The summed E-state index contributed by atoms with van der Waals surface area (Å²) < 4.78 is 0. The highest BCUT2D eigenvalue weighted by Gasteiger charge is 1.99. The number of aliphatic imine (C=N–C) groups is 1. The number of rotatable bonds is 0. The van der Waals surface area contributed by atoms with Gasteiger partial charge in [-0.15, -0.1) is 0 Å². The molecule has 4 heteroatoms. The molecule has 0 amide bonds. The molecule has 8 heavy (non-hydrogen) atoms. The summed E-state index contributed by atoms with van der Waals surface area (Å²) >= 11 is 0. The largest absolute Gasteiger partial charge is 0.493 e. The highest BCUT2D eigenvalue weighted by Crippen LogP contribution is 1.95. The zero-order valence-corrected chi connectivity index (χ0v) is 4.07. The van der Waals surface area contributed by atoms with Crippen molar-refractivity contribution in [1.29, 1.82) is 0 Å². The minimum atomic E-state index is -0.102. The fraction of sp³-hybridized carbons (Fsp3) is 0.250. The molecule has 1 rings (SSSR count). The summed E-state index contributed by atoms with van der Waals surface area (Å²) in [4.78, 5) is 3.25. The average molecular weight is 113 g/mol. The van der Waals surface area contributed by atoms with Crippen LogP contribution in [0.25, 0.3) is 0 Å². The summed E-state index contributed by atoms with van der Waals surface area (Å²) in [5.74, 6) is -0.102. The van der Waals surface area contributed by atoms with Crippen molar-refractivity contribution in [3.63, 3.8) is 0 Å². The Morgan fingerprint density at radius 3 is 3.00 bits per heavy atom. The maximum Gasteiger partial charge on any atom is 0.210 e. The molecule has 0 aromatic rings. The molecule has 0 spiro atoms. The van der Waals surface area contributed by atoms with Gasteiger partial charge in [-0.25, -0.2) is 5.06 Å². The van der Waals surface area contributed by atoms with Crippen LogP contribution in [0.1, 0.15) is 0 Å². The first-order valence-corrected chi connectivity index (χ1v) is 2.11. The summed E-state index contributed by atoms with van der Waals surface area (Å²) in [5, 5.41) is 17.8. The molecule has 0 bridgehead atoms. The van der Waals surface area contributed by atoms with Crippen LogP contribution in [-0.2, 0) is 0 Å². The van der Waals surface area contributed by atoms with E-state index in [-0.39, 0.29) is 12.4 Å². The number of nitrogens with zero attached hydrogens (tertiary/aromatic N) is 2. The van der Waals surface area contributed by atoms with E-state index in [0.717, 1.165) is 5.06 Å². The minimum Gasteiger partial charge on any atom is -0.493 e. The van der Waals surface area contributed by atoms with Crippen molar-refractivity contribution < 1.29 is 10.3 Å². The summed E-state index contributed by atoms with van der Waals surface area (Å²) in [5.41, 5.74) is 0. The van der Waals surface area contributed by atoms with Crippen molar-refractivity contribution in [2.75, 3.05) is 6.54 Å². The monoisotopic (exact) mass is 113 g/mol. The summed E-state index contributed by atoms with van der Waals surface area (Å²) in [6.07, 6.45) is 3.50. The Labute approximate surface area is 46.3 Å². The third-order valence-corrected chi connectivity index (χ3v) is 0.727.